The number of hydrogen-bond acceptors (Lipinski definition) is 4. The van der Waals surface area contributed by atoms with Gasteiger partial charge in [0.1, 0.15) is 0 Å². The molecule has 13 aromatic rings. The molecule has 0 atom stereocenters. The molecule has 0 amide bonds. The van der Waals surface area contributed by atoms with Gasteiger partial charge in [0, 0.05) is 44.3 Å². The standard InChI is InChI=1S/C80H50N4O2/c85-60-39-46-74(86)67(48-60)65-27-11-21-54-19-9-25-63(76(54)65)51-33-29-49(30-34-51)61-23-7-17-53-18-8-24-62(75(53)61)50-31-35-52(36-32-50)64-26-10-20-55-22-12-28-66(77(55)64)80-72-44-42-70(83-72)78(56-13-3-1-4-14-56)68-40-37-58(81-68)47-59-38-41-69(82-59)79(57-15-5-2-6-16-57)71-43-45-73(80)84-71/h1-48,81,84H. The van der Waals surface area contributed by atoms with Crippen LogP contribution in [-0.4, -0.2) is 31.5 Å². The molecule has 86 heavy (non-hydrogen) atoms. The molecule has 6 heteroatoms. The second-order valence-corrected chi connectivity index (χ2v) is 22.0. The number of carbonyl (C=O) groups excluding carboxylic acids is 2. The van der Waals surface area contributed by atoms with Crippen LogP contribution >= 0.6 is 0 Å². The largest absolute Gasteiger partial charge is 0.355 e. The minimum atomic E-state index is -0.188. The van der Waals surface area contributed by atoms with Crippen LogP contribution in [0.25, 0.3) is 162 Å². The van der Waals surface area contributed by atoms with E-state index in [0.717, 1.165) is 155 Å². The van der Waals surface area contributed by atoms with Crippen molar-refractivity contribution in [3.8, 4) is 77.9 Å². The van der Waals surface area contributed by atoms with Crippen LogP contribution < -0.4 is 0 Å². The lowest BCUT2D eigenvalue weighted by atomic mass is 9.87. The van der Waals surface area contributed by atoms with Crippen LogP contribution in [0.4, 0.5) is 0 Å². The van der Waals surface area contributed by atoms with Crippen LogP contribution in [0, 0.1) is 0 Å². The Bertz CT molecular complexity index is 5240. The van der Waals surface area contributed by atoms with E-state index >= 15 is 0 Å². The van der Waals surface area contributed by atoms with Gasteiger partial charge in [-0.1, -0.05) is 218 Å². The molecule has 3 aromatic heterocycles. The summed E-state index contributed by atoms with van der Waals surface area (Å²) in [6.45, 7) is 0. The smallest absolute Gasteiger partial charge is 0.186 e. The van der Waals surface area contributed by atoms with Crippen LogP contribution in [0.15, 0.2) is 267 Å². The lowest BCUT2D eigenvalue weighted by Crippen LogP contribution is -2.07. The van der Waals surface area contributed by atoms with E-state index in [2.05, 4.69) is 265 Å². The fraction of sp³-hybridized carbons (Fsp3) is 0. The van der Waals surface area contributed by atoms with E-state index < -0.39 is 0 Å². The lowest BCUT2D eigenvalue weighted by Gasteiger charge is -2.16. The average molecular weight is 1100 g/mol. The van der Waals surface area contributed by atoms with Crippen LogP contribution in [0.3, 0.4) is 0 Å². The van der Waals surface area contributed by atoms with Crippen molar-refractivity contribution in [2.45, 2.75) is 0 Å². The number of hydrogen-bond donors (Lipinski definition) is 2. The van der Waals surface area contributed by atoms with Crippen molar-refractivity contribution in [2.75, 3.05) is 0 Å². The van der Waals surface area contributed by atoms with Gasteiger partial charge in [-0.15, -0.1) is 0 Å². The Hall–Kier alpha value is -11.6. The zero-order valence-electron chi connectivity index (χ0n) is 46.4. The van der Waals surface area contributed by atoms with Gasteiger partial charge in [0.15, 0.2) is 11.6 Å². The van der Waals surface area contributed by atoms with Crippen molar-refractivity contribution < 1.29 is 9.59 Å². The summed E-state index contributed by atoms with van der Waals surface area (Å²) in [5, 5.41) is 6.51. The molecule has 402 valence electrons. The molecular formula is C80H50N4O2. The number of carbonyl (C=O) groups is 2. The number of fused-ring (bicyclic) bond motifs is 11. The number of ketones is 2. The number of nitrogens with zero attached hydrogens (tertiary/aromatic N) is 2. The predicted molar refractivity (Wildman–Crippen MR) is 357 cm³/mol. The van der Waals surface area contributed by atoms with Gasteiger partial charge in [0.25, 0.3) is 0 Å². The van der Waals surface area contributed by atoms with E-state index in [9.17, 15) is 9.59 Å². The molecule has 5 heterocycles. The van der Waals surface area contributed by atoms with Gasteiger partial charge in [-0.3, -0.25) is 9.59 Å². The van der Waals surface area contributed by atoms with Crippen molar-refractivity contribution in [3.05, 3.63) is 295 Å². The number of benzene rings is 10. The third kappa shape index (κ3) is 8.75. The van der Waals surface area contributed by atoms with E-state index in [1.807, 2.05) is 18.2 Å². The van der Waals surface area contributed by atoms with Crippen LogP contribution in [0.1, 0.15) is 28.3 Å². The van der Waals surface area contributed by atoms with Crippen LogP contribution in [0.2, 0.25) is 0 Å². The summed E-state index contributed by atoms with van der Waals surface area (Å²) in [7, 11) is 0. The van der Waals surface area contributed by atoms with E-state index in [1.54, 1.807) is 0 Å². The summed E-state index contributed by atoms with van der Waals surface area (Å²) in [4.78, 5) is 44.2. The normalized spacial score (nSPS) is 12.9. The molecule has 0 saturated carbocycles. The maximum absolute atomic E-state index is 13.2. The molecule has 0 radical (unpaired) electrons. The fourth-order valence-corrected chi connectivity index (χ4v) is 13.0. The Morgan fingerprint density at radius 3 is 1.22 bits per heavy atom. The molecule has 0 fully saturated rings. The highest BCUT2D eigenvalue weighted by Crippen LogP contribution is 2.44. The first-order valence-corrected chi connectivity index (χ1v) is 28.9. The van der Waals surface area contributed by atoms with E-state index in [0.29, 0.717) is 5.57 Å². The molecule has 10 aromatic carbocycles. The summed E-state index contributed by atoms with van der Waals surface area (Å²) in [6, 6.07) is 87.9. The van der Waals surface area contributed by atoms with Gasteiger partial charge in [-0.05, 0) is 172 Å². The van der Waals surface area contributed by atoms with Crippen molar-refractivity contribution in [3.63, 3.8) is 0 Å². The van der Waals surface area contributed by atoms with Crippen molar-refractivity contribution >= 4 is 95.8 Å². The highest BCUT2D eigenvalue weighted by Gasteiger charge is 2.23. The summed E-state index contributed by atoms with van der Waals surface area (Å²) >= 11 is 0. The minimum Gasteiger partial charge on any atom is -0.355 e. The molecule has 0 saturated heterocycles. The highest BCUT2D eigenvalue weighted by molar-refractivity contribution is 6.36. The first-order valence-electron chi connectivity index (χ1n) is 28.9. The van der Waals surface area contributed by atoms with E-state index in [4.69, 9.17) is 9.97 Å². The molecular weight excluding hydrogens is 1050 g/mol. The topological polar surface area (TPSA) is 91.5 Å². The van der Waals surface area contributed by atoms with Crippen molar-refractivity contribution in [1.29, 1.82) is 0 Å². The number of aromatic nitrogens is 4. The zero-order chi connectivity index (χ0) is 57.2. The van der Waals surface area contributed by atoms with Gasteiger partial charge in [0.2, 0.25) is 0 Å². The molecule has 0 unspecified atom stereocenters. The third-order valence-corrected chi connectivity index (χ3v) is 16.9. The summed E-state index contributed by atoms with van der Waals surface area (Å²) in [5.74, 6) is -0.359. The minimum absolute atomic E-state index is 0.172. The van der Waals surface area contributed by atoms with Crippen LogP contribution in [-0.2, 0) is 9.59 Å². The second kappa shape index (κ2) is 20.7. The summed E-state index contributed by atoms with van der Waals surface area (Å²) in [6.07, 6.45) is 12.7. The SMILES string of the molecule is O=C1C=CC(=O)C(c2cccc3cccc(-c4ccc(-c5cccc6cccc(-c7ccc(-c8cccc9cccc(-c%10c%11nc(c(-c%12ccccc%12)c%12ccc(cc%13nc(c(-c%14ccccc%14)c%14ccc%10[nH]%14)C=C%13)[nH]%12)C=C%11)c89)cc7)c56)cc4)c23)=C1. The Labute approximate surface area is 495 Å². The average Bonchev–Trinajstić information content (AvgIpc) is 1.87. The molecule has 0 spiro atoms. The first-order chi connectivity index (χ1) is 42.4. The molecule has 2 N–H and O–H groups in total. The van der Waals surface area contributed by atoms with E-state index in [-0.39, 0.29) is 11.6 Å². The maximum atomic E-state index is 13.2. The van der Waals surface area contributed by atoms with Crippen LogP contribution in [0.5, 0.6) is 0 Å². The Morgan fingerprint density at radius 1 is 0.291 bits per heavy atom. The van der Waals surface area contributed by atoms with Gasteiger partial charge < -0.3 is 9.97 Å². The molecule has 6 nitrogen and oxygen atoms in total. The molecule has 16 rings (SSSR count). The first kappa shape index (κ1) is 50.2. The summed E-state index contributed by atoms with van der Waals surface area (Å²) < 4.78 is 0. The number of H-pyrrole nitrogens is 2. The number of rotatable bonds is 8. The number of nitrogens with one attached hydrogen (secondary N) is 2. The molecule has 1 aliphatic carbocycles. The van der Waals surface area contributed by atoms with Gasteiger partial charge in [0.05, 0.1) is 22.8 Å². The maximum Gasteiger partial charge on any atom is 0.186 e. The predicted octanol–water partition coefficient (Wildman–Crippen LogP) is 19.9. The number of aromatic amines is 2. The van der Waals surface area contributed by atoms with Gasteiger partial charge in [-0.25, -0.2) is 9.97 Å². The second-order valence-electron chi connectivity index (χ2n) is 22.0. The summed E-state index contributed by atoms with van der Waals surface area (Å²) in [5.41, 5.74) is 23.4. The van der Waals surface area contributed by atoms with Crippen molar-refractivity contribution in [2.24, 2.45) is 0 Å². The fourth-order valence-electron chi connectivity index (χ4n) is 13.0. The van der Waals surface area contributed by atoms with E-state index in [1.165, 1.54) is 23.6 Å². The molecule has 3 aliphatic rings. The van der Waals surface area contributed by atoms with Gasteiger partial charge in [-0.2, -0.15) is 0 Å². The Morgan fingerprint density at radius 2 is 0.698 bits per heavy atom. The van der Waals surface area contributed by atoms with Crippen molar-refractivity contribution in [1.82, 2.24) is 19.9 Å². The third-order valence-electron chi connectivity index (χ3n) is 16.9. The molecule has 8 bridgehead atoms. The van der Waals surface area contributed by atoms with Gasteiger partial charge >= 0.3 is 0 Å². The molecule has 2 aliphatic heterocycles. The quantitative estimate of drug-likeness (QED) is 0.148. The zero-order valence-corrected chi connectivity index (χ0v) is 46.4. The highest BCUT2D eigenvalue weighted by atomic mass is 16.1. The Balaban J connectivity index is 0.834. The number of allylic oxidation sites excluding steroid dienone is 4. The monoisotopic (exact) mass is 1100 g/mol. The Kier molecular flexibility index (Phi) is 12.1. The lowest BCUT2D eigenvalue weighted by molar-refractivity contribution is -0.113.